The molecule has 118 valence electrons. The van der Waals surface area contributed by atoms with Gasteiger partial charge in [-0.2, -0.15) is 17.0 Å². The molecule has 6 nitrogen and oxygen atoms in total. The first-order valence-corrected chi connectivity index (χ1v) is 9.08. The molecule has 0 radical (unpaired) electrons. The molecule has 1 aliphatic heterocycles. The van der Waals surface area contributed by atoms with Crippen molar-refractivity contribution in [1.82, 2.24) is 8.61 Å². The third-order valence-electron chi connectivity index (χ3n) is 3.62. The van der Waals surface area contributed by atoms with Crippen molar-refractivity contribution < 1.29 is 17.9 Å². The molecule has 1 atom stereocenters. The van der Waals surface area contributed by atoms with Gasteiger partial charge in [0.15, 0.2) is 0 Å². The number of nitrogens with zero attached hydrogens (tertiary/aromatic N) is 2. The predicted molar refractivity (Wildman–Crippen MR) is 81.2 cm³/mol. The van der Waals surface area contributed by atoms with E-state index in [9.17, 15) is 13.2 Å². The fourth-order valence-electron chi connectivity index (χ4n) is 2.43. The first-order valence-electron chi connectivity index (χ1n) is 6.80. The van der Waals surface area contributed by atoms with Crippen LogP contribution in [0, 0.1) is 0 Å². The molecule has 21 heavy (non-hydrogen) atoms. The average molecular weight is 332 g/mol. The normalized spacial score (nSPS) is 20.0. The van der Waals surface area contributed by atoms with Gasteiger partial charge in [-0.1, -0.05) is 6.07 Å². The standard InChI is InChI=1S/C13H20N2O4S2/c1-14(9-7-13(16)19-2)21(17,18)15-8-3-5-11(15)12-6-4-10-20-12/h4,6,10-11H,3,5,7-9H2,1-2H3. The lowest BCUT2D eigenvalue weighted by Crippen LogP contribution is -2.42. The zero-order chi connectivity index (χ0) is 15.5. The van der Waals surface area contributed by atoms with Crippen LogP contribution in [0.25, 0.3) is 0 Å². The van der Waals surface area contributed by atoms with E-state index in [1.165, 1.54) is 22.8 Å². The van der Waals surface area contributed by atoms with Crippen molar-refractivity contribution in [3.63, 3.8) is 0 Å². The van der Waals surface area contributed by atoms with Crippen LogP contribution < -0.4 is 0 Å². The van der Waals surface area contributed by atoms with E-state index in [1.54, 1.807) is 11.3 Å². The summed E-state index contributed by atoms with van der Waals surface area (Å²) in [5, 5.41) is 1.96. The third kappa shape index (κ3) is 3.63. The Kier molecular flexibility index (Phi) is 5.37. The maximum atomic E-state index is 12.6. The summed E-state index contributed by atoms with van der Waals surface area (Å²) in [6.07, 6.45) is 1.75. The molecule has 0 saturated carbocycles. The van der Waals surface area contributed by atoms with Gasteiger partial charge in [0.25, 0.3) is 10.2 Å². The van der Waals surface area contributed by atoms with E-state index in [1.807, 2.05) is 17.5 Å². The number of hydrogen-bond donors (Lipinski definition) is 0. The molecule has 1 fully saturated rings. The summed E-state index contributed by atoms with van der Waals surface area (Å²) in [5.74, 6) is -0.409. The van der Waals surface area contributed by atoms with Gasteiger partial charge in [0.1, 0.15) is 0 Å². The fourth-order valence-corrected chi connectivity index (χ4v) is 4.95. The first-order chi connectivity index (χ1) is 9.96. The molecule has 0 spiro atoms. The van der Waals surface area contributed by atoms with Gasteiger partial charge in [0, 0.05) is 25.0 Å². The number of thiophene rings is 1. The van der Waals surface area contributed by atoms with E-state index in [-0.39, 0.29) is 19.0 Å². The van der Waals surface area contributed by atoms with Crippen LogP contribution in [0.5, 0.6) is 0 Å². The average Bonchev–Trinajstić information content (AvgIpc) is 3.13. The van der Waals surface area contributed by atoms with Crippen LogP contribution in [0.3, 0.4) is 0 Å². The minimum Gasteiger partial charge on any atom is -0.469 e. The number of carbonyl (C=O) groups excluding carboxylic acids is 1. The van der Waals surface area contributed by atoms with Crippen LogP contribution in [-0.2, 0) is 19.7 Å². The van der Waals surface area contributed by atoms with Crippen LogP contribution in [0.15, 0.2) is 17.5 Å². The van der Waals surface area contributed by atoms with Gasteiger partial charge in [-0.15, -0.1) is 11.3 Å². The molecule has 1 aromatic rings. The van der Waals surface area contributed by atoms with Crippen LogP contribution in [-0.4, -0.2) is 50.2 Å². The molecular formula is C13H20N2O4S2. The second-order valence-electron chi connectivity index (χ2n) is 4.94. The molecule has 2 heterocycles. The van der Waals surface area contributed by atoms with Crippen molar-refractivity contribution in [2.24, 2.45) is 0 Å². The summed E-state index contributed by atoms with van der Waals surface area (Å²) >= 11 is 1.57. The number of carbonyl (C=O) groups is 1. The van der Waals surface area contributed by atoms with Gasteiger partial charge in [-0.3, -0.25) is 4.79 Å². The van der Waals surface area contributed by atoms with Crippen LogP contribution in [0.4, 0.5) is 0 Å². The van der Waals surface area contributed by atoms with E-state index in [4.69, 9.17) is 0 Å². The van der Waals surface area contributed by atoms with Crippen molar-refractivity contribution in [1.29, 1.82) is 0 Å². The number of methoxy groups -OCH3 is 1. The van der Waals surface area contributed by atoms with Crippen molar-refractivity contribution >= 4 is 27.5 Å². The summed E-state index contributed by atoms with van der Waals surface area (Å²) < 4.78 is 32.6. The predicted octanol–water partition coefficient (Wildman–Crippen LogP) is 1.62. The van der Waals surface area contributed by atoms with E-state index in [2.05, 4.69) is 4.74 Å². The maximum absolute atomic E-state index is 12.6. The molecular weight excluding hydrogens is 312 g/mol. The Balaban J connectivity index is 2.09. The van der Waals surface area contributed by atoms with E-state index in [0.29, 0.717) is 6.54 Å². The molecule has 1 unspecified atom stereocenters. The lowest BCUT2D eigenvalue weighted by Gasteiger charge is -2.28. The highest BCUT2D eigenvalue weighted by molar-refractivity contribution is 7.86. The molecule has 2 rings (SSSR count). The number of ether oxygens (including phenoxy) is 1. The maximum Gasteiger partial charge on any atom is 0.306 e. The Bertz CT molecular complexity index is 571. The van der Waals surface area contributed by atoms with Gasteiger partial charge in [-0.05, 0) is 24.3 Å². The highest BCUT2D eigenvalue weighted by atomic mass is 32.2. The molecule has 1 aromatic heterocycles. The molecule has 1 aliphatic rings. The Morgan fingerprint density at radius 3 is 2.95 bits per heavy atom. The zero-order valence-electron chi connectivity index (χ0n) is 12.2. The van der Waals surface area contributed by atoms with E-state index >= 15 is 0 Å². The number of rotatable bonds is 6. The van der Waals surface area contributed by atoms with Crippen LogP contribution >= 0.6 is 11.3 Å². The Hall–Kier alpha value is -0.960. The van der Waals surface area contributed by atoms with Crippen molar-refractivity contribution in [3.05, 3.63) is 22.4 Å². The van der Waals surface area contributed by atoms with Crippen molar-refractivity contribution in [2.45, 2.75) is 25.3 Å². The van der Waals surface area contributed by atoms with Gasteiger partial charge >= 0.3 is 5.97 Å². The smallest absolute Gasteiger partial charge is 0.306 e. The second-order valence-corrected chi connectivity index (χ2v) is 7.91. The molecule has 0 amide bonds. The monoisotopic (exact) mass is 332 g/mol. The number of esters is 1. The lowest BCUT2D eigenvalue weighted by molar-refractivity contribution is -0.140. The summed E-state index contributed by atoms with van der Waals surface area (Å²) in [6, 6.07) is 3.82. The molecule has 8 heteroatoms. The topological polar surface area (TPSA) is 66.9 Å². The fraction of sp³-hybridized carbons (Fsp3) is 0.615. The minimum absolute atomic E-state index is 0.0593. The third-order valence-corrected chi connectivity index (χ3v) is 6.60. The van der Waals surface area contributed by atoms with Crippen LogP contribution in [0.2, 0.25) is 0 Å². The SMILES string of the molecule is COC(=O)CCN(C)S(=O)(=O)N1CCCC1c1cccs1. The zero-order valence-corrected chi connectivity index (χ0v) is 13.8. The van der Waals surface area contributed by atoms with Gasteiger partial charge in [-0.25, -0.2) is 0 Å². The summed E-state index contributed by atoms with van der Waals surface area (Å²) in [5.41, 5.74) is 0. The molecule has 0 aliphatic carbocycles. The molecule has 0 bridgehead atoms. The Morgan fingerprint density at radius 2 is 2.33 bits per heavy atom. The minimum atomic E-state index is -3.55. The lowest BCUT2D eigenvalue weighted by atomic mass is 10.2. The molecule has 1 saturated heterocycles. The number of hydrogen-bond acceptors (Lipinski definition) is 5. The quantitative estimate of drug-likeness (QED) is 0.743. The van der Waals surface area contributed by atoms with Crippen molar-refractivity contribution in [3.8, 4) is 0 Å². The first kappa shape index (κ1) is 16.4. The van der Waals surface area contributed by atoms with E-state index in [0.717, 1.165) is 17.7 Å². The molecule has 0 N–H and O–H groups in total. The summed E-state index contributed by atoms with van der Waals surface area (Å²) in [7, 11) is -0.754. The van der Waals surface area contributed by atoms with Gasteiger partial charge in [0.05, 0.1) is 19.6 Å². The summed E-state index contributed by atoms with van der Waals surface area (Å²) in [4.78, 5) is 12.2. The second kappa shape index (κ2) is 6.87. The van der Waals surface area contributed by atoms with Gasteiger partial charge < -0.3 is 4.74 Å². The van der Waals surface area contributed by atoms with Crippen molar-refractivity contribution in [2.75, 3.05) is 27.2 Å². The van der Waals surface area contributed by atoms with E-state index < -0.39 is 16.2 Å². The molecule has 0 aromatic carbocycles. The van der Waals surface area contributed by atoms with Gasteiger partial charge in [0.2, 0.25) is 0 Å². The highest BCUT2D eigenvalue weighted by Crippen LogP contribution is 2.37. The summed E-state index contributed by atoms with van der Waals surface area (Å²) in [6.45, 7) is 0.649. The highest BCUT2D eigenvalue weighted by Gasteiger charge is 2.37. The largest absolute Gasteiger partial charge is 0.469 e. The Morgan fingerprint density at radius 1 is 1.57 bits per heavy atom. The Labute approximate surface area is 129 Å². The van der Waals surface area contributed by atoms with Crippen LogP contribution in [0.1, 0.15) is 30.2 Å².